The van der Waals surface area contributed by atoms with E-state index in [1.807, 2.05) is 36.4 Å². The third kappa shape index (κ3) is 4.83. The molecule has 4 heterocycles. The molecular weight excluding hydrogens is 556 g/mol. The van der Waals surface area contributed by atoms with E-state index < -0.39 is 0 Å². The highest BCUT2D eigenvalue weighted by Gasteiger charge is 2.28. The van der Waals surface area contributed by atoms with Crippen molar-refractivity contribution in [1.82, 2.24) is 0 Å². The Bertz CT molecular complexity index is 2000. The standard InChI is InChI=1S/C37H30O7/c1-2-7-28-27(6-1)34-30(9-5-11-32(34)43-21-26-19-41-26)35-33(22-12-14-23(15-13-22)38-16-24-17-39-24)37(44-36(28)35)29-8-3-4-10-31(29)42-20-25-18-40-25/h1-15,24-26H,16-21H2. The van der Waals surface area contributed by atoms with Crippen molar-refractivity contribution >= 4 is 32.5 Å². The summed E-state index contributed by atoms with van der Waals surface area (Å²) in [4.78, 5) is 0. The van der Waals surface area contributed by atoms with Gasteiger partial charge >= 0.3 is 0 Å². The fraction of sp³-hybridized carbons (Fsp3) is 0.243. The second kappa shape index (κ2) is 10.6. The summed E-state index contributed by atoms with van der Waals surface area (Å²) in [6, 6.07) is 30.9. The summed E-state index contributed by atoms with van der Waals surface area (Å²) in [6.45, 7) is 3.82. The lowest BCUT2D eigenvalue weighted by molar-refractivity contribution is 0.263. The van der Waals surface area contributed by atoms with E-state index >= 15 is 0 Å². The van der Waals surface area contributed by atoms with Crippen LogP contribution >= 0.6 is 0 Å². The van der Waals surface area contributed by atoms with Crippen LogP contribution in [0.5, 0.6) is 17.2 Å². The molecule has 0 amide bonds. The smallest absolute Gasteiger partial charge is 0.147 e. The van der Waals surface area contributed by atoms with Crippen molar-refractivity contribution in [2.45, 2.75) is 18.3 Å². The second-order valence-electron chi connectivity index (χ2n) is 11.6. The number of epoxide rings is 3. The summed E-state index contributed by atoms with van der Waals surface area (Å²) in [5.41, 5.74) is 3.73. The molecule has 1 aromatic heterocycles. The molecule has 0 N–H and O–H groups in total. The number of para-hydroxylation sites is 1. The van der Waals surface area contributed by atoms with E-state index in [0.29, 0.717) is 19.8 Å². The SMILES string of the molecule is c1ccc(-c2oc3c4ccccc4c4c(OCC5CO5)cccc4c3c2-c2ccc(OCC3CO3)cc2)c(OCC2CO2)c1. The predicted octanol–water partition coefficient (Wildman–Crippen LogP) is 7.41. The molecule has 0 aliphatic carbocycles. The Morgan fingerprint density at radius 1 is 0.545 bits per heavy atom. The van der Waals surface area contributed by atoms with Crippen LogP contribution in [0.1, 0.15) is 0 Å². The van der Waals surface area contributed by atoms with Gasteiger partial charge in [-0.05, 0) is 46.7 Å². The normalized spacial score (nSPS) is 20.2. The number of ether oxygens (including phenoxy) is 6. The summed E-state index contributed by atoms with van der Waals surface area (Å²) >= 11 is 0. The van der Waals surface area contributed by atoms with Gasteiger partial charge in [0, 0.05) is 21.7 Å². The van der Waals surface area contributed by atoms with E-state index in [9.17, 15) is 0 Å². The van der Waals surface area contributed by atoms with Gasteiger partial charge in [0.05, 0.1) is 25.4 Å². The third-order valence-corrected chi connectivity index (χ3v) is 8.41. The van der Waals surface area contributed by atoms with Crippen molar-refractivity contribution in [1.29, 1.82) is 0 Å². The van der Waals surface area contributed by atoms with Crippen molar-refractivity contribution in [2.24, 2.45) is 0 Å². The first-order valence-corrected chi connectivity index (χ1v) is 15.1. The highest BCUT2D eigenvalue weighted by atomic mass is 16.6. The zero-order valence-electron chi connectivity index (χ0n) is 24.0. The largest absolute Gasteiger partial charge is 0.491 e. The average Bonchev–Trinajstić information content (AvgIpc) is 3.94. The molecule has 0 bridgehead atoms. The quantitative estimate of drug-likeness (QED) is 0.116. The molecule has 3 aliphatic rings. The van der Waals surface area contributed by atoms with Crippen LogP contribution in [0.3, 0.4) is 0 Å². The first-order chi connectivity index (χ1) is 21.8. The number of benzene rings is 5. The summed E-state index contributed by atoms with van der Waals surface area (Å²) in [5, 5.41) is 5.26. The lowest BCUT2D eigenvalue weighted by Gasteiger charge is -2.13. The van der Waals surface area contributed by atoms with E-state index in [0.717, 1.165) is 92.0 Å². The molecule has 3 unspecified atom stereocenters. The Labute approximate surface area is 253 Å². The topological polar surface area (TPSA) is 78.4 Å². The first-order valence-electron chi connectivity index (χ1n) is 15.1. The maximum absolute atomic E-state index is 6.97. The highest BCUT2D eigenvalue weighted by Crippen LogP contribution is 2.50. The molecule has 7 nitrogen and oxygen atoms in total. The van der Waals surface area contributed by atoms with Crippen LogP contribution in [0.2, 0.25) is 0 Å². The monoisotopic (exact) mass is 586 g/mol. The Morgan fingerprint density at radius 2 is 1.14 bits per heavy atom. The van der Waals surface area contributed by atoms with Gasteiger partial charge in [-0.25, -0.2) is 0 Å². The molecule has 6 aromatic rings. The van der Waals surface area contributed by atoms with Gasteiger partial charge in [-0.1, -0.05) is 60.7 Å². The van der Waals surface area contributed by atoms with Crippen molar-refractivity contribution in [3.05, 3.63) is 91.0 Å². The molecule has 220 valence electrons. The zero-order chi connectivity index (χ0) is 29.0. The molecule has 0 spiro atoms. The molecule has 3 atom stereocenters. The van der Waals surface area contributed by atoms with Gasteiger partial charge in [0.1, 0.15) is 66.7 Å². The predicted molar refractivity (Wildman–Crippen MR) is 168 cm³/mol. The second-order valence-corrected chi connectivity index (χ2v) is 11.6. The summed E-state index contributed by atoms with van der Waals surface area (Å²) < 4.78 is 41.8. The Morgan fingerprint density at radius 3 is 1.86 bits per heavy atom. The fourth-order valence-corrected chi connectivity index (χ4v) is 5.92. The number of hydrogen-bond donors (Lipinski definition) is 0. The van der Waals surface area contributed by atoms with E-state index in [-0.39, 0.29) is 18.3 Å². The molecular formula is C37H30O7. The minimum Gasteiger partial charge on any atom is -0.491 e. The maximum Gasteiger partial charge on any atom is 0.147 e. The van der Waals surface area contributed by atoms with Crippen LogP contribution in [-0.4, -0.2) is 58.0 Å². The van der Waals surface area contributed by atoms with E-state index in [1.54, 1.807) is 0 Å². The summed E-state index contributed by atoms with van der Waals surface area (Å²) in [5.74, 6) is 3.15. The minimum atomic E-state index is 0.138. The van der Waals surface area contributed by atoms with Gasteiger partial charge < -0.3 is 32.8 Å². The fourth-order valence-electron chi connectivity index (χ4n) is 5.92. The Balaban J connectivity index is 1.29. The van der Waals surface area contributed by atoms with Crippen molar-refractivity contribution < 1.29 is 32.8 Å². The minimum absolute atomic E-state index is 0.138. The van der Waals surface area contributed by atoms with Crippen molar-refractivity contribution in [2.75, 3.05) is 39.6 Å². The summed E-state index contributed by atoms with van der Waals surface area (Å²) in [6.07, 6.45) is 0.486. The molecule has 3 aliphatic heterocycles. The van der Waals surface area contributed by atoms with Gasteiger partial charge in [0.2, 0.25) is 0 Å². The molecule has 3 saturated heterocycles. The zero-order valence-corrected chi connectivity index (χ0v) is 24.0. The number of fused-ring (bicyclic) bond motifs is 6. The van der Waals surface area contributed by atoms with E-state index in [1.165, 1.54) is 0 Å². The van der Waals surface area contributed by atoms with Crippen LogP contribution < -0.4 is 14.2 Å². The van der Waals surface area contributed by atoms with Gasteiger partial charge in [0.15, 0.2) is 0 Å². The third-order valence-electron chi connectivity index (χ3n) is 8.41. The Hall–Kier alpha value is -4.56. The summed E-state index contributed by atoms with van der Waals surface area (Å²) in [7, 11) is 0. The van der Waals surface area contributed by atoms with Gasteiger partial charge in [-0.3, -0.25) is 0 Å². The first kappa shape index (κ1) is 25.9. The van der Waals surface area contributed by atoms with Gasteiger partial charge in [0.25, 0.3) is 0 Å². The number of hydrogen-bond acceptors (Lipinski definition) is 7. The van der Waals surface area contributed by atoms with Gasteiger partial charge in [-0.15, -0.1) is 0 Å². The molecule has 5 aromatic carbocycles. The molecule has 7 heteroatoms. The molecule has 9 rings (SSSR count). The number of furan rings is 1. The van der Waals surface area contributed by atoms with Crippen molar-refractivity contribution in [3.63, 3.8) is 0 Å². The lowest BCUT2D eigenvalue weighted by atomic mass is 9.92. The van der Waals surface area contributed by atoms with Crippen LogP contribution in [-0.2, 0) is 14.2 Å². The van der Waals surface area contributed by atoms with Gasteiger partial charge in [-0.2, -0.15) is 0 Å². The molecule has 3 fully saturated rings. The maximum atomic E-state index is 6.97. The Kier molecular flexibility index (Phi) is 6.21. The lowest BCUT2D eigenvalue weighted by Crippen LogP contribution is -2.05. The molecule has 0 radical (unpaired) electrons. The van der Waals surface area contributed by atoms with Crippen LogP contribution in [0.25, 0.3) is 55.0 Å². The van der Waals surface area contributed by atoms with E-state index in [2.05, 4.69) is 54.6 Å². The van der Waals surface area contributed by atoms with Crippen molar-refractivity contribution in [3.8, 4) is 39.7 Å². The molecule has 44 heavy (non-hydrogen) atoms. The highest BCUT2D eigenvalue weighted by molar-refractivity contribution is 6.29. The van der Waals surface area contributed by atoms with Crippen LogP contribution in [0, 0.1) is 0 Å². The van der Waals surface area contributed by atoms with Crippen LogP contribution in [0.4, 0.5) is 0 Å². The number of rotatable bonds is 11. The van der Waals surface area contributed by atoms with E-state index in [4.69, 9.17) is 32.8 Å². The average molecular weight is 587 g/mol. The molecule has 0 saturated carbocycles. The van der Waals surface area contributed by atoms with Crippen LogP contribution in [0.15, 0.2) is 95.4 Å².